The van der Waals surface area contributed by atoms with Gasteiger partial charge in [0.15, 0.2) is 6.04 Å². The summed E-state index contributed by atoms with van der Waals surface area (Å²) in [5, 5.41) is 9.29. The number of carbonyl (C=O) groups is 2. The molecule has 1 saturated heterocycles. The van der Waals surface area contributed by atoms with Gasteiger partial charge in [0.25, 0.3) is 0 Å². The second-order valence-electron chi connectivity index (χ2n) is 6.39. The van der Waals surface area contributed by atoms with E-state index in [2.05, 4.69) is 13.8 Å². The van der Waals surface area contributed by atoms with Crippen molar-refractivity contribution < 1.29 is 19.4 Å². The summed E-state index contributed by atoms with van der Waals surface area (Å²) in [6.45, 7) is 5.72. The zero-order valence-electron chi connectivity index (χ0n) is 13.0. The second-order valence-corrected chi connectivity index (χ2v) is 6.39. The van der Waals surface area contributed by atoms with Crippen molar-refractivity contribution in [2.75, 3.05) is 26.3 Å². The summed E-state index contributed by atoms with van der Waals surface area (Å²) in [7, 11) is 0. The molecule has 0 radical (unpaired) electrons. The first kappa shape index (κ1) is 16.1. The van der Waals surface area contributed by atoms with Crippen molar-refractivity contribution in [2.45, 2.75) is 51.6 Å². The van der Waals surface area contributed by atoms with Gasteiger partial charge in [-0.25, -0.2) is 9.59 Å². The summed E-state index contributed by atoms with van der Waals surface area (Å²) in [6.07, 6.45) is 4.36. The van der Waals surface area contributed by atoms with Crippen LogP contribution in [0.2, 0.25) is 0 Å². The molecule has 1 aliphatic heterocycles. The fraction of sp³-hybridized carbons (Fsp3) is 0.867. The van der Waals surface area contributed by atoms with Crippen LogP contribution in [0.1, 0.15) is 39.5 Å². The Bertz CT molecular complexity index is 380. The normalized spacial score (nSPS) is 23.6. The number of carboxylic acid groups (broad SMARTS) is 1. The van der Waals surface area contributed by atoms with Gasteiger partial charge in [-0.15, -0.1) is 0 Å². The van der Waals surface area contributed by atoms with Crippen LogP contribution < -0.4 is 0 Å². The maximum Gasteiger partial charge on any atom is 0.328 e. The molecule has 0 aromatic carbocycles. The smallest absolute Gasteiger partial charge is 0.328 e. The summed E-state index contributed by atoms with van der Waals surface area (Å²) in [5.74, 6) is -0.613. The van der Waals surface area contributed by atoms with Gasteiger partial charge in [-0.05, 0) is 18.8 Å². The van der Waals surface area contributed by atoms with E-state index in [0.717, 1.165) is 25.7 Å². The highest BCUT2D eigenvalue weighted by atomic mass is 16.5. The average Bonchev–Trinajstić information content (AvgIpc) is 2.97. The summed E-state index contributed by atoms with van der Waals surface area (Å²) in [6, 6.07) is -0.731. The molecule has 2 aliphatic rings. The van der Waals surface area contributed by atoms with Crippen LogP contribution in [0.15, 0.2) is 0 Å². The molecule has 1 N–H and O–H groups in total. The number of rotatable bonds is 4. The predicted molar refractivity (Wildman–Crippen MR) is 78.1 cm³/mol. The lowest BCUT2D eigenvalue weighted by Crippen LogP contribution is -2.58. The molecule has 1 heterocycles. The molecule has 1 aliphatic carbocycles. The highest BCUT2D eigenvalue weighted by Gasteiger charge is 2.37. The Labute approximate surface area is 126 Å². The lowest BCUT2D eigenvalue weighted by Gasteiger charge is -2.39. The van der Waals surface area contributed by atoms with E-state index in [0.29, 0.717) is 25.6 Å². The first-order chi connectivity index (χ1) is 10.0. The minimum atomic E-state index is -0.987. The Morgan fingerprint density at radius 2 is 2.00 bits per heavy atom. The minimum Gasteiger partial charge on any atom is -0.480 e. The van der Waals surface area contributed by atoms with Crippen LogP contribution >= 0.6 is 0 Å². The van der Waals surface area contributed by atoms with E-state index in [1.54, 1.807) is 0 Å². The van der Waals surface area contributed by atoms with E-state index in [1.165, 1.54) is 4.90 Å². The number of nitrogens with zero attached hydrogens (tertiary/aromatic N) is 2. The van der Waals surface area contributed by atoms with Gasteiger partial charge in [0.2, 0.25) is 0 Å². The fourth-order valence-electron chi connectivity index (χ4n) is 3.19. The van der Waals surface area contributed by atoms with Crippen molar-refractivity contribution in [3.63, 3.8) is 0 Å². The second kappa shape index (κ2) is 7.11. The molecule has 1 unspecified atom stereocenters. The van der Waals surface area contributed by atoms with Gasteiger partial charge in [-0.3, -0.25) is 0 Å². The highest BCUT2D eigenvalue weighted by molar-refractivity contribution is 5.83. The van der Waals surface area contributed by atoms with Gasteiger partial charge in [0.1, 0.15) is 0 Å². The Balaban J connectivity index is 2.13. The first-order valence-electron chi connectivity index (χ1n) is 7.88. The van der Waals surface area contributed by atoms with Gasteiger partial charge in [0.05, 0.1) is 13.2 Å². The van der Waals surface area contributed by atoms with Crippen LogP contribution in [-0.2, 0) is 9.53 Å². The third-order valence-corrected chi connectivity index (χ3v) is 4.23. The summed E-state index contributed by atoms with van der Waals surface area (Å²) >= 11 is 0. The standard InChI is InChI=1S/C15H26N2O4/c1-11(2)9-17(12-5-3-4-6-12)15(20)16-7-8-21-10-13(16)14(18)19/h11-13H,3-10H2,1-2H3,(H,18,19). The third-order valence-electron chi connectivity index (χ3n) is 4.23. The van der Waals surface area contributed by atoms with Gasteiger partial charge in [-0.2, -0.15) is 0 Å². The van der Waals surface area contributed by atoms with Crippen molar-refractivity contribution in [3.05, 3.63) is 0 Å². The molecule has 21 heavy (non-hydrogen) atoms. The maximum atomic E-state index is 12.9. The Morgan fingerprint density at radius 1 is 1.33 bits per heavy atom. The van der Waals surface area contributed by atoms with E-state index in [9.17, 15) is 14.7 Å². The molecule has 0 aromatic rings. The zero-order chi connectivity index (χ0) is 15.4. The monoisotopic (exact) mass is 298 g/mol. The Hall–Kier alpha value is -1.30. The lowest BCUT2D eigenvalue weighted by molar-refractivity contribution is -0.147. The largest absolute Gasteiger partial charge is 0.480 e. The van der Waals surface area contributed by atoms with E-state index < -0.39 is 12.0 Å². The van der Waals surface area contributed by atoms with E-state index in [1.807, 2.05) is 4.90 Å². The number of aliphatic carboxylic acids is 1. The first-order valence-corrected chi connectivity index (χ1v) is 7.88. The number of hydrogen-bond donors (Lipinski definition) is 1. The minimum absolute atomic E-state index is 0.0846. The lowest BCUT2D eigenvalue weighted by atomic mass is 10.1. The zero-order valence-corrected chi connectivity index (χ0v) is 13.0. The van der Waals surface area contributed by atoms with Crippen molar-refractivity contribution in [1.82, 2.24) is 9.80 Å². The Kier molecular flexibility index (Phi) is 5.45. The predicted octanol–water partition coefficient (Wildman–Crippen LogP) is 1.79. The summed E-state index contributed by atoms with van der Waals surface area (Å²) in [5.41, 5.74) is 0. The number of hydrogen-bond acceptors (Lipinski definition) is 3. The number of morpholine rings is 1. The number of ether oxygens (including phenoxy) is 1. The molecule has 1 saturated carbocycles. The van der Waals surface area contributed by atoms with Crippen LogP contribution in [0.4, 0.5) is 4.79 Å². The summed E-state index contributed by atoms with van der Waals surface area (Å²) in [4.78, 5) is 27.6. The van der Waals surface area contributed by atoms with Crippen LogP contribution in [-0.4, -0.2) is 65.3 Å². The molecule has 6 heteroatoms. The topological polar surface area (TPSA) is 70.1 Å². The molecule has 6 nitrogen and oxygen atoms in total. The van der Waals surface area contributed by atoms with Crippen LogP contribution in [0.25, 0.3) is 0 Å². The number of amides is 2. The van der Waals surface area contributed by atoms with Crippen LogP contribution in [0, 0.1) is 5.92 Å². The molecule has 1 atom stereocenters. The van der Waals surface area contributed by atoms with E-state index in [4.69, 9.17) is 4.74 Å². The molecule has 120 valence electrons. The molecule has 0 aromatic heterocycles. The molecule has 2 fully saturated rings. The highest BCUT2D eigenvalue weighted by Crippen LogP contribution is 2.26. The van der Waals surface area contributed by atoms with Crippen molar-refractivity contribution in [1.29, 1.82) is 0 Å². The van der Waals surface area contributed by atoms with Crippen molar-refractivity contribution in [3.8, 4) is 0 Å². The molecule has 0 bridgehead atoms. The van der Waals surface area contributed by atoms with Crippen molar-refractivity contribution >= 4 is 12.0 Å². The van der Waals surface area contributed by atoms with Gasteiger partial charge in [-0.1, -0.05) is 26.7 Å². The molecule has 2 amide bonds. The van der Waals surface area contributed by atoms with Gasteiger partial charge < -0.3 is 19.6 Å². The number of urea groups is 1. The molecular weight excluding hydrogens is 272 g/mol. The molecule has 0 spiro atoms. The average molecular weight is 298 g/mol. The summed E-state index contributed by atoms with van der Waals surface area (Å²) < 4.78 is 5.22. The Morgan fingerprint density at radius 3 is 2.57 bits per heavy atom. The molecule has 2 rings (SSSR count). The van der Waals surface area contributed by atoms with Crippen molar-refractivity contribution in [2.24, 2.45) is 5.92 Å². The SMILES string of the molecule is CC(C)CN(C(=O)N1CCOCC1C(=O)O)C1CCCC1. The molecular formula is C15H26N2O4. The fourth-order valence-corrected chi connectivity index (χ4v) is 3.19. The van der Waals surface area contributed by atoms with Gasteiger partial charge in [0, 0.05) is 19.1 Å². The van der Waals surface area contributed by atoms with Gasteiger partial charge >= 0.3 is 12.0 Å². The van der Waals surface area contributed by atoms with Crippen LogP contribution in [0.5, 0.6) is 0 Å². The van der Waals surface area contributed by atoms with E-state index in [-0.39, 0.29) is 18.7 Å². The quantitative estimate of drug-likeness (QED) is 0.859. The maximum absolute atomic E-state index is 12.9. The number of carbonyl (C=O) groups excluding carboxylic acids is 1. The van der Waals surface area contributed by atoms with Crippen LogP contribution in [0.3, 0.4) is 0 Å². The van der Waals surface area contributed by atoms with E-state index >= 15 is 0 Å². The number of carboxylic acids is 1. The third kappa shape index (κ3) is 3.87.